The van der Waals surface area contributed by atoms with E-state index >= 15 is 0 Å². The minimum Gasteiger partial charge on any atom is -0.471 e. The molecule has 9 nitrogen and oxygen atoms in total. The van der Waals surface area contributed by atoms with Crippen molar-refractivity contribution in [3.8, 4) is 17.1 Å². The highest BCUT2D eigenvalue weighted by Gasteiger charge is 2.33. The number of amides is 1. The molecule has 2 aliphatic heterocycles. The third-order valence-corrected chi connectivity index (χ3v) is 9.32. The van der Waals surface area contributed by atoms with Crippen molar-refractivity contribution < 1.29 is 17.9 Å². The normalized spacial score (nSPS) is 21.1. The molecule has 3 aromatic rings. The highest BCUT2D eigenvalue weighted by Crippen LogP contribution is 2.31. The zero-order valence-corrected chi connectivity index (χ0v) is 24.3. The number of hydrogen-bond acceptors (Lipinski definition) is 7. The van der Waals surface area contributed by atoms with Gasteiger partial charge in [0, 0.05) is 42.9 Å². The van der Waals surface area contributed by atoms with Crippen LogP contribution in [0.5, 0.6) is 5.88 Å². The quantitative estimate of drug-likeness (QED) is 0.475. The first-order chi connectivity index (χ1) is 18.8. The lowest BCUT2D eigenvalue weighted by molar-refractivity contribution is 0.0687. The highest BCUT2D eigenvalue weighted by molar-refractivity contribution is 7.92. The lowest BCUT2D eigenvalue weighted by Gasteiger charge is -2.29. The molecule has 0 radical (unpaired) electrons. The number of carbonyl (C=O) groups excluding carboxylic acids is 1. The topological polar surface area (TPSA) is 105 Å². The third kappa shape index (κ3) is 5.66. The van der Waals surface area contributed by atoms with Gasteiger partial charge in [-0.2, -0.15) is 4.98 Å². The Balaban J connectivity index is 0.00000323. The first-order valence-corrected chi connectivity index (χ1v) is 15.0. The molecule has 3 aliphatic rings. The van der Waals surface area contributed by atoms with Crippen molar-refractivity contribution >= 4 is 34.3 Å². The van der Waals surface area contributed by atoms with Crippen LogP contribution in [0.3, 0.4) is 0 Å². The van der Waals surface area contributed by atoms with E-state index in [4.69, 9.17) is 4.74 Å². The van der Waals surface area contributed by atoms with Crippen molar-refractivity contribution in [3.05, 3.63) is 65.2 Å². The first kappa shape index (κ1) is 28.3. The summed E-state index contributed by atoms with van der Waals surface area (Å²) in [5.74, 6) is -0.00146. The number of halogens is 1. The number of ether oxygens (including phenoxy) is 1. The summed E-state index contributed by atoms with van der Waals surface area (Å²) >= 11 is 0. The first-order valence-electron chi connectivity index (χ1n) is 13.6. The number of carbonyl (C=O) groups is 1. The highest BCUT2D eigenvalue weighted by atomic mass is 35.5. The average Bonchev–Trinajstić information content (AvgIpc) is 3.36. The van der Waals surface area contributed by atoms with E-state index < -0.39 is 10.0 Å². The number of aromatic nitrogens is 2. The Hall–Kier alpha value is -3.21. The fraction of sp³-hybridized carbons (Fsp3) is 0.414. The summed E-state index contributed by atoms with van der Waals surface area (Å²) in [7, 11) is -4.06. The SMILES string of the molecule is Cc1cccc(C)c1-c1cc2nc(n1)NS(=O)(=O)c1cccc(c1)C(=O)N1CCN(C3CCCC3)C[C@H](C1)O2.Cl. The van der Waals surface area contributed by atoms with Gasteiger partial charge < -0.3 is 9.64 Å². The maximum Gasteiger partial charge on any atom is 0.264 e. The monoisotopic (exact) mass is 583 g/mol. The Labute approximate surface area is 241 Å². The van der Waals surface area contributed by atoms with Crippen molar-refractivity contribution in [1.82, 2.24) is 19.8 Å². The van der Waals surface area contributed by atoms with Gasteiger partial charge in [-0.05, 0) is 56.0 Å². The van der Waals surface area contributed by atoms with Crippen LogP contribution in [0, 0.1) is 13.8 Å². The van der Waals surface area contributed by atoms with Gasteiger partial charge in [-0.15, -0.1) is 12.4 Å². The number of anilines is 1. The Morgan fingerprint density at radius 1 is 0.950 bits per heavy atom. The molecule has 1 atom stereocenters. The van der Waals surface area contributed by atoms with E-state index in [1.807, 2.05) is 32.0 Å². The van der Waals surface area contributed by atoms with Gasteiger partial charge in [-0.25, -0.2) is 18.1 Å². The van der Waals surface area contributed by atoms with E-state index in [0.717, 1.165) is 36.1 Å². The molecular formula is C29H34ClN5O4S. The molecule has 6 bridgehead atoms. The van der Waals surface area contributed by atoms with Gasteiger partial charge >= 0.3 is 0 Å². The number of nitrogens with zero attached hydrogens (tertiary/aromatic N) is 4. The molecule has 1 saturated carbocycles. The number of hydrogen-bond donors (Lipinski definition) is 1. The number of rotatable bonds is 2. The molecule has 212 valence electrons. The predicted molar refractivity (Wildman–Crippen MR) is 156 cm³/mol. The largest absolute Gasteiger partial charge is 0.471 e. The second-order valence-electron chi connectivity index (χ2n) is 10.7. The molecule has 1 amide bonds. The van der Waals surface area contributed by atoms with Gasteiger partial charge in [-0.1, -0.05) is 37.1 Å². The van der Waals surface area contributed by atoms with Crippen LogP contribution in [-0.2, 0) is 10.0 Å². The van der Waals surface area contributed by atoms with Crippen LogP contribution in [0.15, 0.2) is 53.4 Å². The molecule has 0 spiro atoms. The smallest absolute Gasteiger partial charge is 0.264 e. The van der Waals surface area contributed by atoms with Crippen molar-refractivity contribution in [2.75, 3.05) is 30.9 Å². The van der Waals surface area contributed by atoms with E-state index in [0.29, 0.717) is 36.9 Å². The maximum atomic E-state index is 13.6. The van der Waals surface area contributed by atoms with Crippen LogP contribution < -0.4 is 9.46 Å². The minimum atomic E-state index is -4.06. The van der Waals surface area contributed by atoms with Gasteiger partial charge in [-0.3, -0.25) is 9.69 Å². The van der Waals surface area contributed by atoms with Crippen LogP contribution in [0.4, 0.5) is 5.95 Å². The molecule has 11 heteroatoms. The summed E-state index contributed by atoms with van der Waals surface area (Å²) in [5.41, 5.74) is 3.83. The summed E-state index contributed by atoms with van der Waals surface area (Å²) in [6.45, 7) is 6.34. The zero-order chi connectivity index (χ0) is 27.1. The standard InChI is InChI=1S/C29H33N5O4S.ClH/c1-19-7-5-8-20(2)27(19)25-16-26-31-29(30-25)32-39(36,37)24-12-6-9-21(15-24)28(35)34-14-13-33(17-23(18-34)38-26)22-10-3-4-11-22;/h5-9,12,15-16,22-23H,3-4,10-11,13-14,17-18H2,1-2H3,(H,30,31,32);1H/t23-;/m1./s1. The minimum absolute atomic E-state index is 0. The Bertz CT molecular complexity index is 1510. The Morgan fingerprint density at radius 2 is 1.68 bits per heavy atom. The van der Waals surface area contributed by atoms with Gasteiger partial charge in [0.1, 0.15) is 6.10 Å². The molecule has 1 aliphatic carbocycles. The van der Waals surface area contributed by atoms with Crippen LogP contribution in [0.25, 0.3) is 11.3 Å². The second-order valence-corrected chi connectivity index (χ2v) is 12.4. The number of aryl methyl sites for hydroxylation is 2. The fourth-order valence-electron chi connectivity index (χ4n) is 6.06. The van der Waals surface area contributed by atoms with E-state index in [-0.39, 0.29) is 41.1 Å². The summed E-state index contributed by atoms with van der Waals surface area (Å²) in [6, 6.07) is 14.4. The molecule has 2 aromatic carbocycles. The zero-order valence-electron chi connectivity index (χ0n) is 22.7. The van der Waals surface area contributed by atoms with Gasteiger partial charge in [0.2, 0.25) is 11.8 Å². The van der Waals surface area contributed by atoms with Gasteiger partial charge in [0.15, 0.2) is 0 Å². The molecular weight excluding hydrogens is 550 g/mol. The molecule has 2 fully saturated rings. The number of nitrogens with one attached hydrogen (secondary N) is 1. The molecule has 3 heterocycles. The Kier molecular flexibility index (Phi) is 8.03. The Morgan fingerprint density at radius 3 is 2.42 bits per heavy atom. The average molecular weight is 584 g/mol. The second kappa shape index (κ2) is 11.3. The van der Waals surface area contributed by atoms with Crippen molar-refractivity contribution in [3.63, 3.8) is 0 Å². The summed E-state index contributed by atoms with van der Waals surface area (Å²) in [4.78, 5) is 26.9. The number of sulfonamides is 1. The van der Waals surface area contributed by atoms with Crippen LogP contribution in [0.1, 0.15) is 47.2 Å². The van der Waals surface area contributed by atoms with E-state index in [9.17, 15) is 13.2 Å². The molecule has 40 heavy (non-hydrogen) atoms. The van der Waals surface area contributed by atoms with Crippen molar-refractivity contribution in [1.29, 1.82) is 0 Å². The van der Waals surface area contributed by atoms with Crippen molar-refractivity contribution in [2.45, 2.75) is 56.6 Å². The number of benzene rings is 2. The summed E-state index contributed by atoms with van der Waals surface area (Å²) < 4.78 is 35.8. The molecule has 6 rings (SSSR count). The van der Waals surface area contributed by atoms with Crippen LogP contribution in [-0.4, -0.2) is 72.4 Å². The lowest BCUT2D eigenvalue weighted by Crippen LogP contribution is -2.42. The van der Waals surface area contributed by atoms with Crippen LogP contribution in [0.2, 0.25) is 0 Å². The molecule has 0 unspecified atom stereocenters. The molecule has 1 aromatic heterocycles. The fourth-order valence-corrected chi connectivity index (χ4v) is 7.05. The third-order valence-electron chi connectivity index (χ3n) is 7.99. The van der Waals surface area contributed by atoms with Gasteiger partial charge in [0.05, 0.1) is 17.1 Å². The summed E-state index contributed by atoms with van der Waals surface area (Å²) in [5, 5.41) is 0. The van der Waals surface area contributed by atoms with Crippen LogP contribution >= 0.6 is 12.4 Å². The van der Waals surface area contributed by atoms with Crippen molar-refractivity contribution in [2.24, 2.45) is 0 Å². The van der Waals surface area contributed by atoms with E-state index in [1.54, 1.807) is 23.1 Å². The van der Waals surface area contributed by atoms with E-state index in [2.05, 4.69) is 19.6 Å². The summed E-state index contributed by atoms with van der Waals surface area (Å²) in [6.07, 6.45) is 4.40. The van der Waals surface area contributed by atoms with E-state index in [1.165, 1.54) is 25.0 Å². The maximum absolute atomic E-state index is 13.6. The van der Waals surface area contributed by atoms with Gasteiger partial charge in [0.25, 0.3) is 15.9 Å². The molecule has 1 N–H and O–H groups in total. The predicted octanol–water partition coefficient (Wildman–Crippen LogP) is 4.44. The number of fused-ring (bicyclic) bond motifs is 6. The molecule has 1 saturated heterocycles. The lowest BCUT2D eigenvalue weighted by atomic mass is 10.00.